The molecule has 3 rings (SSSR count). The van der Waals surface area contributed by atoms with Crippen molar-refractivity contribution in [3.63, 3.8) is 0 Å². The van der Waals surface area contributed by atoms with E-state index in [1.165, 1.54) is 6.33 Å². The summed E-state index contributed by atoms with van der Waals surface area (Å²) < 4.78 is 23.2. The van der Waals surface area contributed by atoms with E-state index < -0.39 is 0 Å². The van der Waals surface area contributed by atoms with Crippen molar-refractivity contribution >= 4 is 33.5 Å². The van der Waals surface area contributed by atoms with Crippen LogP contribution in [0, 0.1) is 0 Å². The molecule has 0 spiro atoms. The van der Waals surface area contributed by atoms with E-state index in [0.717, 1.165) is 10.2 Å². The van der Waals surface area contributed by atoms with E-state index in [1.54, 1.807) is 19.1 Å². The predicted octanol–water partition coefficient (Wildman–Crippen LogP) is 4.39. The van der Waals surface area contributed by atoms with Crippen LogP contribution in [-0.2, 0) is 4.74 Å². The number of nitrogens with one attached hydrogen (secondary N) is 1. The minimum atomic E-state index is -0.289. The molecule has 1 fully saturated rings. The second-order valence-electron chi connectivity index (χ2n) is 7.27. The minimum absolute atomic E-state index is 0.0954. The SMILES string of the molecule is COc1cc(Br)ccc1Nc1ncnc(OC2CCN(C(=O)OC(C)C)CC2)c1OC. The number of ether oxygens (including phenoxy) is 4. The van der Waals surface area contributed by atoms with Gasteiger partial charge in [0, 0.05) is 30.4 Å². The van der Waals surface area contributed by atoms with E-state index in [-0.39, 0.29) is 18.3 Å². The number of hydrogen-bond donors (Lipinski definition) is 1. The zero-order valence-corrected chi connectivity index (χ0v) is 19.6. The van der Waals surface area contributed by atoms with Crippen molar-refractivity contribution in [2.45, 2.75) is 38.9 Å². The third-order valence-corrected chi connectivity index (χ3v) is 5.20. The highest BCUT2D eigenvalue weighted by atomic mass is 79.9. The lowest BCUT2D eigenvalue weighted by atomic mass is 10.1. The van der Waals surface area contributed by atoms with Crippen LogP contribution in [0.5, 0.6) is 17.4 Å². The van der Waals surface area contributed by atoms with Gasteiger partial charge in [0.05, 0.1) is 26.0 Å². The average Bonchev–Trinajstić information content (AvgIpc) is 2.75. The van der Waals surface area contributed by atoms with Gasteiger partial charge in [-0.2, -0.15) is 4.98 Å². The lowest BCUT2D eigenvalue weighted by Gasteiger charge is -2.31. The fourth-order valence-electron chi connectivity index (χ4n) is 3.20. The Morgan fingerprint density at radius 3 is 2.58 bits per heavy atom. The van der Waals surface area contributed by atoms with Crippen molar-refractivity contribution in [3.05, 3.63) is 29.0 Å². The molecular formula is C21H27BrN4O5. The number of carbonyl (C=O) groups excluding carboxylic acids is 1. The maximum atomic E-state index is 12.1. The number of amides is 1. The number of piperidine rings is 1. The molecule has 1 aliphatic rings. The van der Waals surface area contributed by atoms with Crippen molar-refractivity contribution in [1.29, 1.82) is 0 Å². The van der Waals surface area contributed by atoms with E-state index in [0.29, 0.717) is 49.1 Å². The Balaban J connectivity index is 1.69. The summed E-state index contributed by atoms with van der Waals surface area (Å²) in [6.45, 7) is 4.80. The van der Waals surface area contributed by atoms with Crippen molar-refractivity contribution in [2.75, 3.05) is 32.6 Å². The second kappa shape index (κ2) is 10.5. The number of hydrogen-bond acceptors (Lipinski definition) is 8. The van der Waals surface area contributed by atoms with Gasteiger partial charge in [0.15, 0.2) is 5.82 Å². The number of likely N-dealkylation sites (tertiary alicyclic amines) is 1. The Labute approximate surface area is 190 Å². The molecule has 0 radical (unpaired) electrons. The van der Waals surface area contributed by atoms with Crippen molar-refractivity contribution in [1.82, 2.24) is 14.9 Å². The molecule has 10 heteroatoms. The topological polar surface area (TPSA) is 95.0 Å². The van der Waals surface area contributed by atoms with Crippen LogP contribution < -0.4 is 19.5 Å². The van der Waals surface area contributed by atoms with Gasteiger partial charge in [-0.25, -0.2) is 9.78 Å². The van der Waals surface area contributed by atoms with Gasteiger partial charge < -0.3 is 29.2 Å². The van der Waals surface area contributed by atoms with Crippen LogP contribution in [0.25, 0.3) is 0 Å². The molecule has 2 heterocycles. The molecule has 1 saturated heterocycles. The molecule has 168 valence electrons. The van der Waals surface area contributed by atoms with Gasteiger partial charge in [-0.1, -0.05) is 15.9 Å². The molecule has 1 aromatic heterocycles. The number of rotatable bonds is 7. The molecule has 2 aromatic rings. The first-order valence-corrected chi connectivity index (χ1v) is 10.8. The lowest BCUT2D eigenvalue weighted by Crippen LogP contribution is -2.42. The van der Waals surface area contributed by atoms with Crippen LogP contribution in [-0.4, -0.2) is 60.5 Å². The van der Waals surface area contributed by atoms with E-state index in [4.69, 9.17) is 18.9 Å². The first-order valence-electron chi connectivity index (χ1n) is 10.0. The zero-order chi connectivity index (χ0) is 22.4. The number of methoxy groups -OCH3 is 2. The molecule has 0 bridgehead atoms. The Hall–Kier alpha value is -2.75. The third kappa shape index (κ3) is 5.90. The van der Waals surface area contributed by atoms with E-state index in [9.17, 15) is 4.79 Å². The van der Waals surface area contributed by atoms with Gasteiger partial charge in [0.2, 0.25) is 5.75 Å². The fraction of sp³-hybridized carbons (Fsp3) is 0.476. The standard InChI is InChI=1S/C21H27BrN4O5/c1-13(2)30-21(27)26-9-7-15(8-10-26)31-20-18(29-4)19(23-12-24-20)25-16-6-5-14(22)11-17(16)28-3/h5-6,11-13,15H,7-10H2,1-4H3,(H,23,24,25). The summed E-state index contributed by atoms with van der Waals surface area (Å²) in [7, 11) is 3.14. The predicted molar refractivity (Wildman–Crippen MR) is 119 cm³/mol. The molecule has 1 amide bonds. The summed E-state index contributed by atoms with van der Waals surface area (Å²) in [5.74, 6) is 1.86. The van der Waals surface area contributed by atoms with Crippen molar-refractivity contribution in [2.24, 2.45) is 0 Å². The number of nitrogens with zero attached hydrogens (tertiary/aromatic N) is 3. The summed E-state index contributed by atoms with van der Waals surface area (Å²) in [4.78, 5) is 22.3. The largest absolute Gasteiger partial charge is 0.495 e. The highest BCUT2D eigenvalue weighted by Gasteiger charge is 2.27. The van der Waals surface area contributed by atoms with Gasteiger partial charge in [0.1, 0.15) is 18.2 Å². The molecule has 1 N–H and O–H groups in total. The Morgan fingerprint density at radius 1 is 1.19 bits per heavy atom. The highest BCUT2D eigenvalue weighted by Crippen LogP contribution is 2.37. The monoisotopic (exact) mass is 494 g/mol. The van der Waals surface area contributed by atoms with Crippen LogP contribution in [0.4, 0.5) is 16.3 Å². The number of halogens is 1. The molecule has 0 aliphatic carbocycles. The van der Waals surface area contributed by atoms with Crippen LogP contribution in [0.3, 0.4) is 0 Å². The summed E-state index contributed by atoms with van der Waals surface area (Å²) >= 11 is 3.43. The fourth-order valence-corrected chi connectivity index (χ4v) is 3.54. The highest BCUT2D eigenvalue weighted by molar-refractivity contribution is 9.10. The van der Waals surface area contributed by atoms with Crippen molar-refractivity contribution in [3.8, 4) is 17.4 Å². The molecule has 0 unspecified atom stereocenters. The summed E-state index contributed by atoms with van der Waals surface area (Å²) in [6, 6.07) is 5.62. The van der Waals surface area contributed by atoms with Crippen molar-refractivity contribution < 1.29 is 23.7 Å². The van der Waals surface area contributed by atoms with E-state index in [1.807, 2.05) is 32.0 Å². The normalized spacial score (nSPS) is 14.3. The average molecular weight is 495 g/mol. The molecule has 0 saturated carbocycles. The Kier molecular flexibility index (Phi) is 7.78. The van der Waals surface area contributed by atoms with Gasteiger partial charge in [-0.3, -0.25) is 0 Å². The van der Waals surface area contributed by atoms with Crippen LogP contribution >= 0.6 is 15.9 Å². The number of aromatic nitrogens is 2. The maximum absolute atomic E-state index is 12.1. The summed E-state index contributed by atoms with van der Waals surface area (Å²) in [5.41, 5.74) is 0.727. The molecular weight excluding hydrogens is 468 g/mol. The van der Waals surface area contributed by atoms with Gasteiger partial charge in [-0.05, 0) is 32.0 Å². The summed E-state index contributed by atoms with van der Waals surface area (Å²) in [6.07, 6.45) is 2.24. The van der Waals surface area contributed by atoms with Crippen LogP contribution in [0.15, 0.2) is 29.0 Å². The van der Waals surface area contributed by atoms with Gasteiger partial charge in [0.25, 0.3) is 5.88 Å². The lowest BCUT2D eigenvalue weighted by molar-refractivity contribution is 0.0500. The Morgan fingerprint density at radius 2 is 1.94 bits per heavy atom. The second-order valence-corrected chi connectivity index (χ2v) is 8.18. The molecule has 1 aliphatic heterocycles. The summed E-state index contributed by atoms with van der Waals surface area (Å²) in [5, 5.41) is 3.22. The van der Waals surface area contributed by atoms with E-state index >= 15 is 0 Å². The van der Waals surface area contributed by atoms with Crippen LogP contribution in [0.1, 0.15) is 26.7 Å². The third-order valence-electron chi connectivity index (χ3n) is 4.71. The molecule has 0 atom stereocenters. The van der Waals surface area contributed by atoms with Gasteiger partial charge in [-0.15, -0.1) is 0 Å². The molecule has 31 heavy (non-hydrogen) atoms. The zero-order valence-electron chi connectivity index (χ0n) is 18.1. The Bertz CT molecular complexity index is 903. The first-order chi connectivity index (χ1) is 14.9. The minimum Gasteiger partial charge on any atom is -0.495 e. The molecule has 9 nitrogen and oxygen atoms in total. The van der Waals surface area contributed by atoms with Gasteiger partial charge >= 0.3 is 6.09 Å². The number of carbonyl (C=O) groups is 1. The molecule has 1 aromatic carbocycles. The smallest absolute Gasteiger partial charge is 0.410 e. The number of anilines is 2. The van der Waals surface area contributed by atoms with E-state index in [2.05, 4.69) is 31.2 Å². The number of benzene rings is 1. The first kappa shape index (κ1) is 22.9. The van der Waals surface area contributed by atoms with Crippen LogP contribution in [0.2, 0.25) is 0 Å². The quantitative estimate of drug-likeness (QED) is 0.605. The maximum Gasteiger partial charge on any atom is 0.410 e.